The lowest BCUT2D eigenvalue weighted by Gasteiger charge is -2.20. The van der Waals surface area contributed by atoms with Crippen LogP contribution in [-0.4, -0.2) is 27.4 Å². The third-order valence-corrected chi connectivity index (χ3v) is 6.05. The topological polar surface area (TPSA) is 66.5 Å². The molecule has 126 valence electrons. The van der Waals surface area contributed by atoms with E-state index in [0.717, 1.165) is 30.5 Å². The van der Waals surface area contributed by atoms with E-state index >= 15 is 0 Å². The van der Waals surface area contributed by atoms with Crippen molar-refractivity contribution in [3.63, 3.8) is 0 Å². The molecular formula is C17H24N2O3S. The van der Waals surface area contributed by atoms with Gasteiger partial charge in [-0.2, -0.15) is 0 Å². The van der Waals surface area contributed by atoms with E-state index < -0.39 is 10.0 Å². The van der Waals surface area contributed by atoms with Crippen LogP contribution in [0.1, 0.15) is 45.6 Å². The van der Waals surface area contributed by atoms with Crippen LogP contribution >= 0.6 is 0 Å². The Labute approximate surface area is 138 Å². The van der Waals surface area contributed by atoms with Crippen molar-refractivity contribution in [1.82, 2.24) is 4.72 Å². The summed E-state index contributed by atoms with van der Waals surface area (Å²) in [7, 11) is -3.49. The van der Waals surface area contributed by atoms with Gasteiger partial charge in [-0.25, -0.2) is 13.1 Å². The van der Waals surface area contributed by atoms with Crippen molar-refractivity contribution in [3.05, 3.63) is 23.8 Å². The quantitative estimate of drug-likeness (QED) is 0.898. The Morgan fingerprint density at radius 1 is 1.35 bits per heavy atom. The second-order valence-electron chi connectivity index (χ2n) is 7.16. The number of benzene rings is 1. The van der Waals surface area contributed by atoms with E-state index in [2.05, 4.69) is 18.6 Å². The van der Waals surface area contributed by atoms with E-state index in [0.29, 0.717) is 13.1 Å². The molecule has 1 aromatic rings. The van der Waals surface area contributed by atoms with Crippen LogP contribution in [0.25, 0.3) is 0 Å². The van der Waals surface area contributed by atoms with Gasteiger partial charge in [0.2, 0.25) is 15.9 Å². The number of carbonyl (C=O) groups excluding carboxylic acids is 1. The van der Waals surface area contributed by atoms with Gasteiger partial charge < -0.3 is 4.90 Å². The summed E-state index contributed by atoms with van der Waals surface area (Å²) in [6.45, 7) is 7.08. The molecule has 6 heteroatoms. The maximum absolute atomic E-state index is 12.5. The monoisotopic (exact) mass is 336 g/mol. The minimum atomic E-state index is -3.49. The smallest absolute Gasteiger partial charge is 0.240 e. The first-order valence-electron chi connectivity index (χ1n) is 8.22. The first kappa shape index (κ1) is 16.5. The maximum atomic E-state index is 12.5. The van der Waals surface area contributed by atoms with Gasteiger partial charge in [0.1, 0.15) is 0 Å². The van der Waals surface area contributed by atoms with Crippen molar-refractivity contribution in [1.29, 1.82) is 0 Å². The summed E-state index contributed by atoms with van der Waals surface area (Å²) in [6.07, 6.45) is 2.69. The lowest BCUT2D eigenvalue weighted by atomic mass is 9.87. The summed E-state index contributed by atoms with van der Waals surface area (Å²) >= 11 is 0. The van der Waals surface area contributed by atoms with Gasteiger partial charge in [0.25, 0.3) is 0 Å². The predicted molar refractivity (Wildman–Crippen MR) is 90.0 cm³/mol. The van der Waals surface area contributed by atoms with Crippen LogP contribution in [0.15, 0.2) is 23.1 Å². The Bertz CT molecular complexity index is 736. The number of carbonyl (C=O) groups is 1. The molecule has 0 bridgehead atoms. The molecule has 1 heterocycles. The molecule has 3 rings (SSSR count). The number of hydrogen-bond acceptors (Lipinski definition) is 3. The van der Waals surface area contributed by atoms with Crippen molar-refractivity contribution in [3.8, 4) is 0 Å². The van der Waals surface area contributed by atoms with Crippen molar-refractivity contribution in [2.75, 3.05) is 18.0 Å². The van der Waals surface area contributed by atoms with Crippen LogP contribution in [0.5, 0.6) is 0 Å². The van der Waals surface area contributed by atoms with E-state index in [1.54, 1.807) is 18.2 Å². The van der Waals surface area contributed by atoms with Gasteiger partial charge in [-0.05, 0) is 43.0 Å². The Kier molecular flexibility index (Phi) is 4.01. The normalized spacial score (nSPS) is 19.7. The minimum Gasteiger partial charge on any atom is -0.311 e. The van der Waals surface area contributed by atoms with Crippen LogP contribution in [0.3, 0.4) is 0 Å². The Morgan fingerprint density at radius 3 is 2.65 bits per heavy atom. The average Bonchev–Trinajstić information content (AvgIpc) is 3.30. The molecule has 2 aliphatic rings. The van der Waals surface area contributed by atoms with E-state index in [1.165, 1.54) is 0 Å². The molecule has 1 N–H and O–H groups in total. The number of nitrogens with one attached hydrogen (secondary N) is 1. The number of anilines is 1. The van der Waals surface area contributed by atoms with Crippen molar-refractivity contribution in [2.45, 2.75) is 50.3 Å². The second-order valence-corrected chi connectivity index (χ2v) is 8.93. The molecule has 0 atom stereocenters. The number of sulfonamides is 1. The standard InChI is InChI=1S/C17H24N2O3S/c1-4-9-18-23(21,22)13-7-8-15-14(10-13)17(2,3)11-19(15)16(20)12-5-6-12/h7-8,10,12,18H,4-6,9,11H2,1-3H3. The fourth-order valence-electron chi connectivity index (χ4n) is 3.09. The van der Waals surface area contributed by atoms with E-state index in [1.807, 2.05) is 11.8 Å². The van der Waals surface area contributed by atoms with Crippen LogP contribution in [-0.2, 0) is 20.2 Å². The Balaban J connectivity index is 1.97. The fourth-order valence-corrected chi connectivity index (χ4v) is 4.25. The number of hydrogen-bond donors (Lipinski definition) is 1. The molecule has 1 aliphatic carbocycles. The molecule has 1 aliphatic heterocycles. The first-order chi connectivity index (χ1) is 10.8. The molecule has 1 amide bonds. The second kappa shape index (κ2) is 5.60. The largest absolute Gasteiger partial charge is 0.311 e. The Morgan fingerprint density at radius 2 is 2.04 bits per heavy atom. The molecule has 1 fully saturated rings. The van der Waals surface area contributed by atoms with Crippen LogP contribution in [0.2, 0.25) is 0 Å². The summed E-state index contributed by atoms with van der Waals surface area (Å²) < 4.78 is 27.3. The van der Waals surface area contributed by atoms with Gasteiger partial charge in [0.05, 0.1) is 4.90 Å². The minimum absolute atomic E-state index is 0.159. The highest BCUT2D eigenvalue weighted by Crippen LogP contribution is 2.44. The predicted octanol–water partition coefficient (Wildman–Crippen LogP) is 2.41. The summed E-state index contributed by atoms with van der Waals surface area (Å²) in [6, 6.07) is 5.11. The van der Waals surface area contributed by atoms with Crippen LogP contribution in [0.4, 0.5) is 5.69 Å². The fraction of sp³-hybridized carbons (Fsp3) is 0.588. The van der Waals surface area contributed by atoms with Crippen LogP contribution in [0, 0.1) is 5.92 Å². The third-order valence-electron chi connectivity index (χ3n) is 4.59. The zero-order valence-corrected chi connectivity index (χ0v) is 14.7. The summed E-state index contributed by atoms with van der Waals surface area (Å²) in [5.41, 5.74) is 1.56. The van der Waals surface area contributed by atoms with Gasteiger partial charge in [0.15, 0.2) is 0 Å². The number of rotatable bonds is 5. The lowest BCUT2D eigenvalue weighted by Crippen LogP contribution is -2.34. The number of amides is 1. The number of fused-ring (bicyclic) bond motifs is 1. The molecule has 0 aromatic heterocycles. The lowest BCUT2D eigenvalue weighted by molar-refractivity contribution is -0.119. The highest BCUT2D eigenvalue weighted by atomic mass is 32.2. The molecule has 23 heavy (non-hydrogen) atoms. The molecule has 0 spiro atoms. The zero-order chi connectivity index (χ0) is 16.8. The molecule has 0 radical (unpaired) electrons. The summed E-state index contributed by atoms with van der Waals surface area (Å²) in [5.74, 6) is 0.336. The third kappa shape index (κ3) is 3.02. The number of nitrogens with zero attached hydrogens (tertiary/aromatic N) is 1. The van der Waals surface area contributed by atoms with Gasteiger partial charge in [-0.3, -0.25) is 4.79 Å². The van der Waals surface area contributed by atoms with Crippen molar-refractivity contribution < 1.29 is 13.2 Å². The summed E-state index contributed by atoms with van der Waals surface area (Å²) in [5, 5.41) is 0. The van der Waals surface area contributed by atoms with E-state index in [9.17, 15) is 13.2 Å². The molecule has 1 aromatic carbocycles. The van der Waals surface area contributed by atoms with Crippen molar-refractivity contribution in [2.24, 2.45) is 5.92 Å². The molecule has 1 saturated carbocycles. The molecule has 0 saturated heterocycles. The van der Waals surface area contributed by atoms with Gasteiger partial charge in [0, 0.05) is 30.1 Å². The Hall–Kier alpha value is -1.40. The SMILES string of the molecule is CCCNS(=O)(=O)c1ccc2c(c1)C(C)(C)CN2C(=O)C1CC1. The van der Waals surface area contributed by atoms with Gasteiger partial charge >= 0.3 is 0 Å². The van der Waals surface area contributed by atoms with Crippen molar-refractivity contribution >= 4 is 21.6 Å². The average molecular weight is 336 g/mol. The molecular weight excluding hydrogens is 312 g/mol. The van der Waals surface area contributed by atoms with E-state index in [-0.39, 0.29) is 22.1 Å². The van der Waals surface area contributed by atoms with Gasteiger partial charge in [-0.1, -0.05) is 20.8 Å². The highest BCUT2D eigenvalue weighted by Gasteiger charge is 2.43. The van der Waals surface area contributed by atoms with E-state index in [4.69, 9.17) is 0 Å². The highest BCUT2D eigenvalue weighted by molar-refractivity contribution is 7.89. The molecule has 0 unspecified atom stereocenters. The first-order valence-corrected chi connectivity index (χ1v) is 9.70. The zero-order valence-electron chi connectivity index (χ0n) is 13.9. The van der Waals surface area contributed by atoms with Gasteiger partial charge in [-0.15, -0.1) is 0 Å². The molecule has 5 nitrogen and oxygen atoms in total. The van der Waals surface area contributed by atoms with Crippen LogP contribution < -0.4 is 9.62 Å². The summed E-state index contributed by atoms with van der Waals surface area (Å²) in [4.78, 5) is 14.6. The maximum Gasteiger partial charge on any atom is 0.240 e.